The van der Waals surface area contributed by atoms with E-state index in [4.69, 9.17) is 10.2 Å². The SMILES string of the molecule is CC(=O)CNC(=O)C(O)NC(=O)c1ccc(O)cc1.CO. The number of Topliss-reactive ketones (excluding diaryl/α,β-unsaturated/α-hetero) is 1. The summed E-state index contributed by atoms with van der Waals surface area (Å²) >= 11 is 0. The van der Waals surface area contributed by atoms with Crippen molar-refractivity contribution in [2.75, 3.05) is 13.7 Å². The third-order valence-corrected chi connectivity index (χ3v) is 2.16. The van der Waals surface area contributed by atoms with Gasteiger partial charge in [-0.25, -0.2) is 0 Å². The van der Waals surface area contributed by atoms with E-state index in [-0.39, 0.29) is 23.6 Å². The quantitative estimate of drug-likeness (QED) is 0.431. The molecule has 8 nitrogen and oxygen atoms in total. The van der Waals surface area contributed by atoms with Gasteiger partial charge in [-0.2, -0.15) is 0 Å². The van der Waals surface area contributed by atoms with Gasteiger partial charge in [0.15, 0.2) is 0 Å². The van der Waals surface area contributed by atoms with Gasteiger partial charge in [-0.1, -0.05) is 0 Å². The lowest BCUT2D eigenvalue weighted by molar-refractivity contribution is -0.132. The molecule has 0 aromatic heterocycles. The predicted octanol–water partition coefficient (Wildman–Crippen LogP) is -1.25. The number of ketones is 1. The topological polar surface area (TPSA) is 136 Å². The monoisotopic (exact) mass is 298 g/mol. The molecule has 0 saturated heterocycles. The number of benzene rings is 1. The number of hydrogen-bond acceptors (Lipinski definition) is 6. The van der Waals surface area contributed by atoms with Crippen LogP contribution in [0.25, 0.3) is 0 Å². The molecule has 1 aromatic rings. The molecule has 0 heterocycles. The lowest BCUT2D eigenvalue weighted by atomic mass is 10.2. The predicted molar refractivity (Wildman–Crippen MR) is 73.4 cm³/mol. The van der Waals surface area contributed by atoms with E-state index in [9.17, 15) is 19.5 Å². The number of nitrogens with one attached hydrogen (secondary N) is 2. The van der Waals surface area contributed by atoms with Crippen molar-refractivity contribution < 1.29 is 29.7 Å². The summed E-state index contributed by atoms with van der Waals surface area (Å²) in [6, 6.07) is 5.28. The molecule has 0 bridgehead atoms. The zero-order valence-corrected chi connectivity index (χ0v) is 11.7. The first kappa shape index (κ1) is 18.6. The number of aliphatic hydroxyl groups is 2. The zero-order chi connectivity index (χ0) is 16.4. The maximum Gasteiger partial charge on any atom is 0.270 e. The first-order chi connectivity index (χ1) is 9.90. The fourth-order valence-corrected chi connectivity index (χ4v) is 1.19. The standard InChI is InChI=1S/C12H14N2O5.CH4O/c1-7(15)6-13-11(18)12(19)14-10(17)8-2-4-9(16)5-3-8;1-2/h2-5,12,16,19H,6H2,1H3,(H,13,18)(H,14,17);2H,1H3. The fraction of sp³-hybridized carbons (Fsp3) is 0.308. The number of aromatic hydroxyl groups is 1. The van der Waals surface area contributed by atoms with Crippen molar-refractivity contribution in [3.8, 4) is 5.75 Å². The number of carbonyl (C=O) groups is 3. The van der Waals surface area contributed by atoms with Crippen LogP contribution in [-0.2, 0) is 9.59 Å². The van der Waals surface area contributed by atoms with Crippen LogP contribution >= 0.6 is 0 Å². The highest BCUT2D eigenvalue weighted by Crippen LogP contribution is 2.09. The van der Waals surface area contributed by atoms with Gasteiger partial charge < -0.3 is 26.0 Å². The molecule has 1 rings (SSSR count). The Morgan fingerprint density at radius 2 is 1.67 bits per heavy atom. The van der Waals surface area contributed by atoms with Crippen LogP contribution < -0.4 is 10.6 Å². The van der Waals surface area contributed by atoms with Crippen molar-refractivity contribution in [3.63, 3.8) is 0 Å². The Balaban J connectivity index is 0.00000191. The molecule has 0 spiro atoms. The van der Waals surface area contributed by atoms with Crippen molar-refractivity contribution in [2.24, 2.45) is 0 Å². The molecule has 21 heavy (non-hydrogen) atoms. The Labute approximate surface area is 121 Å². The van der Waals surface area contributed by atoms with Crippen LogP contribution in [0.4, 0.5) is 0 Å². The largest absolute Gasteiger partial charge is 0.508 e. The van der Waals surface area contributed by atoms with Crippen molar-refractivity contribution in [1.29, 1.82) is 0 Å². The molecule has 5 N–H and O–H groups in total. The van der Waals surface area contributed by atoms with Gasteiger partial charge in [0.1, 0.15) is 11.5 Å². The Morgan fingerprint density at radius 1 is 1.14 bits per heavy atom. The lowest BCUT2D eigenvalue weighted by Gasteiger charge is -2.12. The van der Waals surface area contributed by atoms with Crippen LogP contribution in [0.5, 0.6) is 5.75 Å². The number of carbonyl (C=O) groups excluding carboxylic acids is 3. The maximum absolute atomic E-state index is 11.6. The molecular weight excluding hydrogens is 280 g/mol. The number of phenols is 1. The summed E-state index contributed by atoms with van der Waals surface area (Å²) < 4.78 is 0. The molecule has 0 saturated carbocycles. The van der Waals surface area contributed by atoms with Crippen LogP contribution in [0.2, 0.25) is 0 Å². The Hall–Kier alpha value is -2.45. The first-order valence-corrected chi connectivity index (χ1v) is 5.90. The second-order valence-corrected chi connectivity index (χ2v) is 3.84. The molecule has 0 radical (unpaired) electrons. The molecule has 116 valence electrons. The second-order valence-electron chi connectivity index (χ2n) is 3.84. The summed E-state index contributed by atoms with van der Waals surface area (Å²) in [6.07, 6.45) is -1.75. The van der Waals surface area contributed by atoms with Gasteiger partial charge in [-0.15, -0.1) is 0 Å². The molecule has 1 unspecified atom stereocenters. The van der Waals surface area contributed by atoms with E-state index in [1.54, 1.807) is 0 Å². The summed E-state index contributed by atoms with van der Waals surface area (Å²) in [5, 5.41) is 29.7. The van der Waals surface area contributed by atoms with Crippen molar-refractivity contribution in [2.45, 2.75) is 13.2 Å². The van der Waals surface area contributed by atoms with Crippen LogP contribution in [0.3, 0.4) is 0 Å². The van der Waals surface area contributed by atoms with Gasteiger partial charge in [0.05, 0.1) is 6.54 Å². The minimum Gasteiger partial charge on any atom is -0.508 e. The molecular formula is C13H18N2O6. The normalized spacial score (nSPS) is 10.7. The van der Waals surface area contributed by atoms with Gasteiger partial charge in [0, 0.05) is 12.7 Å². The number of rotatable bonds is 5. The summed E-state index contributed by atoms with van der Waals surface area (Å²) in [5.74, 6) is -1.82. The Bertz CT molecular complexity index is 486. The van der Waals surface area contributed by atoms with Gasteiger partial charge in [-0.05, 0) is 31.2 Å². The molecule has 1 atom stereocenters. The number of amides is 2. The fourth-order valence-electron chi connectivity index (χ4n) is 1.19. The molecule has 0 aliphatic heterocycles. The van der Waals surface area contributed by atoms with Crippen molar-refractivity contribution >= 4 is 17.6 Å². The Kier molecular flexibility index (Phi) is 8.35. The van der Waals surface area contributed by atoms with Crippen molar-refractivity contribution in [3.05, 3.63) is 29.8 Å². The average molecular weight is 298 g/mol. The van der Waals surface area contributed by atoms with E-state index in [1.165, 1.54) is 31.2 Å². The first-order valence-electron chi connectivity index (χ1n) is 5.90. The summed E-state index contributed by atoms with van der Waals surface area (Å²) in [7, 11) is 1.00. The summed E-state index contributed by atoms with van der Waals surface area (Å²) in [4.78, 5) is 33.5. The van der Waals surface area contributed by atoms with E-state index in [2.05, 4.69) is 10.6 Å². The average Bonchev–Trinajstić information content (AvgIpc) is 2.47. The van der Waals surface area contributed by atoms with Crippen LogP contribution in [-0.4, -0.2) is 52.8 Å². The number of aliphatic hydroxyl groups excluding tert-OH is 2. The maximum atomic E-state index is 11.6. The smallest absolute Gasteiger partial charge is 0.270 e. The van der Waals surface area contributed by atoms with Crippen molar-refractivity contribution in [1.82, 2.24) is 10.6 Å². The van der Waals surface area contributed by atoms with E-state index in [1.807, 2.05) is 0 Å². The number of hydrogen-bond donors (Lipinski definition) is 5. The molecule has 0 aliphatic rings. The van der Waals surface area contributed by atoms with Crippen LogP contribution in [0.1, 0.15) is 17.3 Å². The summed E-state index contributed by atoms with van der Waals surface area (Å²) in [5.41, 5.74) is 0.177. The van der Waals surface area contributed by atoms with Gasteiger partial charge in [0.2, 0.25) is 6.23 Å². The zero-order valence-electron chi connectivity index (χ0n) is 11.7. The van der Waals surface area contributed by atoms with E-state index >= 15 is 0 Å². The van der Waals surface area contributed by atoms with Crippen LogP contribution in [0.15, 0.2) is 24.3 Å². The molecule has 2 amide bonds. The second kappa shape index (κ2) is 9.45. The lowest BCUT2D eigenvalue weighted by Crippen LogP contribution is -2.47. The van der Waals surface area contributed by atoms with E-state index in [0.717, 1.165) is 7.11 Å². The molecule has 0 fully saturated rings. The summed E-state index contributed by atoms with van der Waals surface area (Å²) in [6.45, 7) is 1.06. The van der Waals surface area contributed by atoms with Gasteiger partial charge >= 0.3 is 0 Å². The van der Waals surface area contributed by atoms with E-state index in [0.29, 0.717) is 0 Å². The Morgan fingerprint density at radius 3 is 2.14 bits per heavy atom. The highest BCUT2D eigenvalue weighted by Gasteiger charge is 2.18. The number of phenolic OH excluding ortho intramolecular Hbond substituents is 1. The van der Waals surface area contributed by atoms with Gasteiger partial charge in [0.25, 0.3) is 11.8 Å². The molecule has 8 heteroatoms. The van der Waals surface area contributed by atoms with E-state index < -0.39 is 18.0 Å². The highest BCUT2D eigenvalue weighted by molar-refractivity contribution is 5.97. The third-order valence-electron chi connectivity index (χ3n) is 2.16. The van der Waals surface area contributed by atoms with Crippen LogP contribution in [0, 0.1) is 0 Å². The third kappa shape index (κ3) is 7.04. The minimum absolute atomic E-state index is 0.00343. The molecule has 0 aliphatic carbocycles. The minimum atomic E-state index is -1.75. The highest BCUT2D eigenvalue weighted by atomic mass is 16.3. The van der Waals surface area contributed by atoms with Gasteiger partial charge in [-0.3, -0.25) is 14.4 Å². The molecule has 1 aromatic carbocycles.